The smallest absolute Gasteiger partial charge is 0.275 e. The quantitative estimate of drug-likeness (QED) is 0.533. The Kier molecular flexibility index (Phi) is 6.07. The van der Waals surface area contributed by atoms with Crippen molar-refractivity contribution in [2.24, 2.45) is 0 Å². The summed E-state index contributed by atoms with van der Waals surface area (Å²) in [5.74, 6) is 0. The lowest BCUT2D eigenvalue weighted by Gasteiger charge is -2.20. The molecule has 0 saturated heterocycles. The topological polar surface area (TPSA) is 63.7 Å². The maximum Gasteiger partial charge on any atom is 0.488 e. The van der Waals surface area contributed by atoms with Gasteiger partial charge >= 0.3 is 17.9 Å². The van der Waals surface area contributed by atoms with E-state index in [0.717, 1.165) is 0 Å². The fourth-order valence-electron chi connectivity index (χ4n) is 1.50. The number of hydrogen-bond donors (Lipinski definition) is 0. The molecule has 26 heavy (non-hydrogen) atoms. The first kappa shape index (κ1) is 22.7. The maximum absolute atomic E-state index is 12.7. The predicted octanol–water partition coefficient (Wildman–Crippen LogP) is 3.46. The van der Waals surface area contributed by atoms with E-state index in [1.54, 1.807) is 0 Å². The molecule has 5 nitrogen and oxygen atoms in total. The molecule has 0 aliphatic heterocycles. The highest BCUT2D eigenvalue weighted by Crippen LogP contribution is 2.38. The molecular formula is C10H6F9NO4S2. The minimum absolute atomic E-state index is 0.277. The zero-order chi connectivity index (χ0) is 20.7. The highest BCUT2D eigenvalue weighted by atomic mass is 32.3. The van der Waals surface area contributed by atoms with Crippen molar-refractivity contribution in [3.8, 4) is 0 Å². The van der Waals surface area contributed by atoms with Crippen LogP contribution in [0.3, 0.4) is 0 Å². The zero-order valence-corrected chi connectivity index (χ0v) is 13.7. The van der Waals surface area contributed by atoms with E-state index in [2.05, 4.69) is 4.84 Å². The van der Waals surface area contributed by atoms with E-state index in [4.69, 9.17) is 0 Å². The third-order valence-electron chi connectivity index (χ3n) is 2.54. The average molecular weight is 439 g/mol. The molecule has 1 rings (SSSR count). The summed E-state index contributed by atoms with van der Waals surface area (Å²) in [6, 6.07) is -1.12. The van der Waals surface area contributed by atoms with Crippen molar-refractivity contribution in [3.63, 3.8) is 0 Å². The van der Waals surface area contributed by atoms with Crippen molar-refractivity contribution in [1.29, 1.82) is 0 Å². The number of hydrogen-bond acceptors (Lipinski definition) is 4. The molecule has 0 aliphatic rings. The molecule has 0 fully saturated rings. The summed E-state index contributed by atoms with van der Waals surface area (Å²) in [7, 11) is -9.97. The van der Waals surface area contributed by atoms with Crippen LogP contribution in [0.25, 0.3) is 0 Å². The van der Waals surface area contributed by atoms with Crippen LogP contribution >= 0.6 is 0 Å². The summed E-state index contributed by atoms with van der Waals surface area (Å²) in [5.41, 5.74) is -9.92. The number of rotatable bonds is 4. The SMILES string of the molecule is CON(S(=O)C(F)(F)F)S(=O)(=O)c1cc(C(F)(F)F)cc(C(F)(F)F)c1. The van der Waals surface area contributed by atoms with Gasteiger partial charge in [0.15, 0.2) is 0 Å². The van der Waals surface area contributed by atoms with Gasteiger partial charge in [-0.1, -0.05) is 0 Å². The van der Waals surface area contributed by atoms with Gasteiger partial charge in [-0.3, -0.25) is 4.84 Å². The third kappa shape index (κ3) is 4.86. The molecule has 0 heterocycles. The molecule has 0 amide bonds. The fraction of sp³-hybridized carbons (Fsp3) is 0.400. The summed E-state index contributed by atoms with van der Waals surface area (Å²) in [5, 5.41) is 0. The number of halogens is 9. The van der Waals surface area contributed by atoms with E-state index in [9.17, 15) is 52.1 Å². The number of alkyl halides is 9. The van der Waals surface area contributed by atoms with Gasteiger partial charge < -0.3 is 0 Å². The lowest BCUT2D eigenvalue weighted by Crippen LogP contribution is -2.39. The molecule has 0 radical (unpaired) electrons. The van der Waals surface area contributed by atoms with Gasteiger partial charge in [0.05, 0.1) is 23.1 Å². The van der Waals surface area contributed by atoms with Crippen LogP contribution in [-0.4, -0.2) is 29.1 Å². The summed E-state index contributed by atoms with van der Waals surface area (Å²) >= 11 is 0. The van der Waals surface area contributed by atoms with Crippen molar-refractivity contribution in [3.05, 3.63) is 29.3 Å². The van der Waals surface area contributed by atoms with Crippen LogP contribution in [-0.2, 0) is 38.2 Å². The minimum atomic E-state index is -5.81. The molecule has 0 bridgehead atoms. The summed E-state index contributed by atoms with van der Waals surface area (Å²) in [4.78, 5) is 1.92. The van der Waals surface area contributed by atoms with Crippen molar-refractivity contribution >= 4 is 21.0 Å². The zero-order valence-electron chi connectivity index (χ0n) is 12.0. The molecule has 0 aromatic heterocycles. The summed E-state index contributed by atoms with van der Waals surface area (Å²) in [6.45, 7) is 0. The van der Waals surface area contributed by atoms with Crippen LogP contribution in [0.1, 0.15) is 11.1 Å². The van der Waals surface area contributed by atoms with Crippen molar-refractivity contribution < 1.29 is 57.0 Å². The van der Waals surface area contributed by atoms with E-state index in [1.165, 1.54) is 0 Å². The summed E-state index contributed by atoms with van der Waals surface area (Å²) < 4.78 is 147. The van der Waals surface area contributed by atoms with Crippen LogP contribution in [0, 0.1) is 0 Å². The molecule has 16 heteroatoms. The van der Waals surface area contributed by atoms with E-state index in [0.29, 0.717) is 0 Å². The maximum atomic E-state index is 12.7. The van der Waals surface area contributed by atoms with E-state index in [-0.39, 0.29) is 19.2 Å². The molecule has 1 atom stereocenters. The van der Waals surface area contributed by atoms with Crippen molar-refractivity contribution in [1.82, 2.24) is 3.87 Å². The first-order chi connectivity index (χ1) is 11.4. The van der Waals surface area contributed by atoms with Crippen LogP contribution in [0.5, 0.6) is 0 Å². The molecule has 0 spiro atoms. The van der Waals surface area contributed by atoms with Crippen LogP contribution < -0.4 is 0 Å². The van der Waals surface area contributed by atoms with Crippen molar-refractivity contribution in [2.45, 2.75) is 22.8 Å². The minimum Gasteiger partial charge on any atom is -0.275 e. The fourth-order valence-corrected chi connectivity index (χ4v) is 3.95. The summed E-state index contributed by atoms with van der Waals surface area (Å²) in [6.07, 6.45) is -10.9. The highest BCUT2D eigenvalue weighted by molar-refractivity contribution is 8.01. The number of nitrogens with zero attached hydrogens (tertiary/aromatic N) is 1. The molecular weight excluding hydrogens is 433 g/mol. The Morgan fingerprint density at radius 3 is 1.54 bits per heavy atom. The average Bonchev–Trinajstić information content (AvgIpc) is 2.44. The number of benzene rings is 1. The first-order valence-electron chi connectivity index (χ1n) is 5.80. The molecule has 150 valence electrons. The van der Waals surface area contributed by atoms with Gasteiger partial charge in [0.1, 0.15) is 0 Å². The molecule has 1 aromatic rings. The predicted molar refractivity (Wildman–Crippen MR) is 66.7 cm³/mol. The normalized spacial score (nSPS) is 15.3. The largest absolute Gasteiger partial charge is 0.488 e. The van der Waals surface area contributed by atoms with Gasteiger partial charge in [0, 0.05) is 3.87 Å². The van der Waals surface area contributed by atoms with Gasteiger partial charge in [0.2, 0.25) is 11.0 Å². The molecule has 0 N–H and O–H groups in total. The van der Waals surface area contributed by atoms with Gasteiger partial charge in [-0.05, 0) is 18.2 Å². The lowest BCUT2D eigenvalue weighted by molar-refractivity contribution is -0.143. The van der Waals surface area contributed by atoms with E-state index < -0.39 is 64.8 Å². The van der Waals surface area contributed by atoms with E-state index >= 15 is 0 Å². The molecule has 0 saturated carbocycles. The first-order valence-corrected chi connectivity index (χ1v) is 8.34. The van der Waals surface area contributed by atoms with Gasteiger partial charge in [-0.25, -0.2) is 12.6 Å². The second-order valence-corrected chi connectivity index (χ2v) is 7.59. The Labute approximate surface area is 141 Å². The molecule has 1 aromatic carbocycles. The van der Waals surface area contributed by atoms with Crippen LogP contribution in [0.2, 0.25) is 0 Å². The highest BCUT2D eigenvalue weighted by Gasteiger charge is 2.48. The lowest BCUT2D eigenvalue weighted by atomic mass is 10.1. The van der Waals surface area contributed by atoms with Gasteiger partial charge in [0.25, 0.3) is 10.0 Å². The van der Waals surface area contributed by atoms with E-state index in [1.807, 2.05) is 0 Å². The molecule has 1 unspecified atom stereocenters. The number of sulfonamides is 1. The van der Waals surface area contributed by atoms with Gasteiger partial charge in [-0.2, -0.15) is 39.5 Å². The van der Waals surface area contributed by atoms with Crippen molar-refractivity contribution in [2.75, 3.05) is 7.11 Å². The van der Waals surface area contributed by atoms with Gasteiger partial charge in [-0.15, -0.1) is 0 Å². The Hall–Kier alpha value is -1.39. The van der Waals surface area contributed by atoms with Crippen LogP contribution in [0.15, 0.2) is 23.1 Å². The standard InChI is InChI=1S/C10H6F9NO4S2/c1-24-20(25(21)10(17,18)19)26(22,23)7-3-5(8(11,12)13)2-6(4-7)9(14,15)16/h2-4H,1H3. The Bertz CT molecular complexity index is 766. The Morgan fingerprint density at radius 1 is 0.885 bits per heavy atom. The Morgan fingerprint density at radius 2 is 1.27 bits per heavy atom. The Balaban J connectivity index is 3.69. The second kappa shape index (κ2) is 6.97. The monoisotopic (exact) mass is 439 g/mol. The molecule has 0 aliphatic carbocycles. The third-order valence-corrected chi connectivity index (χ3v) is 5.72. The second-order valence-electron chi connectivity index (χ2n) is 4.32. The van der Waals surface area contributed by atoms with Crippen LogP contribution in [0.4, 0.5) is 39.5 Å².